The van der Waals surface area contributed by atoms with Crippen molar-refractivity contribution in [3.8, 4) is 0 Å². The molecule has 0 unspecified atom stereocenters. The molecule has 1 atom stereocenters. The second-order valence-electron chi connectivity index (χ2n) is 4.83. The van der Waals surface area contributed by atoms with Crippen LogP contribution >= 0.6 is 0 Å². The van der Waals surface area contributed by atoms with E-state index >= 15 is 0 Å². The molecule has 3 amide bonds. The van der Waals surface area contributed by atoms with Crippen molar-refractivity contribution in [3.05, 3.63) is 0 Å². The second kappa shape index (κ2) is 5.48. The third kappa shape index (κ3) is 2.69. The quantitative estimate of drug-likeness (QED) is 0.678. The normalized spacial score (nSPS) is 24.8. The number of hydrogen-bond acceptors (Lipinski definition) is 4. The smallest absolute Gasteiger partial charge is 0.229 e. The number of amides is 3. The third-order valence-electron chi connectivity index (χ3n) is 3.53. The van der Waals surface area contributed by atoms with Crippen LogP contribution in [0.4, 0.5) is 0 Å². The summed E-state index contributed by atoms with van der Waals surface area (Å²) in [5, 5.41) is 3.22. The van der Waals surface area contributed by atoms with Gasteiger partial charge in [0.1, 0.15) is 0 Å². The topological polar surface area (TPSA) is 69.7 Å². The van der Waals surface area contributed by atoms with Gasteiger partial charge in [-0.3, -0.25) is 19.3 Å². The maximum atomic E-state index is 12.0. The molecule has 2 aliphatic rings. The molecule has 1 N–H and O–H groups in total. The summed E-state index contributed by atoms with van der Waals surface area (Å²) < 4.78 is 0. The molecule has 100 valence electrons. The number of nitrogens with zero attached hydrogens (tertiary/aromatic N) is 2. The Morgan fingerprint density at radius 3 is 2.61 bits per heavy atom. The van der Waals surface area contributed by atoms with Crippen molar-refractivity contribution in [2.75, 3.05) is 26.2 Å². The van der Waals surface area contributed by atoms with E-state index in [4.69, 9.17) is 0 Å². The SMILES string of the molecule is C[C@@H]1CNCCN1C(=O)CCN1C(=O)CCC1=O. The van der Waals surface area contributed by atoms with E-state index in [9.17, 15) is 14.4 Å². The van der Waals surface area contributed by atoms with Gasteiger partial charge in [0.25, 0.3) is 0 Å². The molecule has 0 bridgehead atoms. The minimum atomic E-state index is -0.152. The molecule has 6 nitrogen and oxygen atoms in total. The molecule has 2 fully saturated rings. The average Bonchev–Trinajstić information content (AvgIpc) is 2.67. The molecule has 2 rings (SSSR count). The van der Waals surface area contributed by atoms with Crippen LogP contribution < -0.4 is 5.32 Å². The van der Waals surface area contributed by atoms with Crippen LogP contribution in [0.2, 0.25) is 0 Å². The number of nitrogens with one attached hydrogen (secondary N) is 1. The van der Waals surface area contributed by atoms with Gasteiger partial charge in [-0.05, 0) is 6.92 Å². The molecule has 2 saturated heterocycles. The summed E-state index contributed by atoms with van der Waals surface area (Å²) in [5.41, 5.74) is 0. The molecule has 0 aromatic carbocycles. The summed E-state index contributed by atoms with van der Waals surface area (Å²) in [6, 6.07) is 0.177. The molecule has 0 aromatic heterocycles. The summed E-state index contributed by atoms with van der Waals surface area (Å²) in [7, 11) is 0. The van der Waals surface area contributed by atoms with E-state index in [-0.39, 0.29) is 49.6 Å². The van der Waals surface area contributed by atoms with Crippen LogP contribution in [0.1, 0.15) is 26.2 Å². The molecule has 0 spiro atoms. The zero-order valence-electron chi connectivity index (χ0n) is 10.6. The lowest BCUT2D eigenvalue weighted by Crippen LogP contribution is -2.52. The highest BCUT2D eigenvalue weighted by atomic mass is 16.2. The molecule has 6 heteroatoms. The van der Waals surface area contributed by atoms with Crippen LogP contribution in [-0.4, -0.2) is 59.7 Å². The largest absolute Gasteiger partial charge is 0.337 e. The average molecular weight is 253 g/mol. The fourth-order valence-electron chi connectivity index (χ4n) is 2.43. The van der Waals surface area contributed by atoms with E-state index in [1.165, 1.54) is 4.90 Å². The number of carbonyl (C=O) groups is 3. The Kier molecular flexibility index (Phi) is 3.96. The van der Waals surface area contributed by atoms with Crippen LogP contribution in [-0.2, 0) is 14.4 Å². The number of piperazine rings is 1. The van der Waals surface area contributed by atoms with E-state index in [1.807, 2.05) is 11.8 Å². The molecule has 0 saturated carbocycles. The third-order valence-corrected chi connectivity index (χ3v) is 3.53. The van der Waals surface area contributed by atoms with Crippen LogP contribution in [0.25, 0.3) is 0 Å². The van der Waals surface area contributed by atoms with Gasteiger partial charge < -0.3 is 10.2 Å². The number of likely N-dealkylation sites (tertiary alicyclic amines) is 1. The van der Waals surface area contributed by atoms with Crippen LogP contribution in [0.3, 0.4) is 0 Å². The zero-order valence-corrected chi connectivity index (χ0v) is 10.6. The second-order valence-corrected chi connectivity index (χ2v) is 4.83. The summed E-state index contributed by atoms with van der Waals surface area (Å²) in [6.45, 7) is 4.52. The van der Waals surface area contributed by atoms with Crippen molar-refractivity contribution in [2.45, 2.75) is 32.2 Å². The fourth-order valence-corrected chi connectivity index (χ4v) is 2.43. The predicted octanol–water partition coefficient (Wildman–Crippen LogP) is -0.654. The van der Waals surface area contributed by atoms with Crippen molar-refractivity contribution in [1.82, 2.24) is 15.1 Å². The van der Waals surface area contributed by atoms with Gasteiger partial charge in [0.05, 0.1) is 0 Å². The maximum absolute atomic E-state index is 12.0. The van der Waals surface area contributed by atoms with E-state index in [1.54, 1.807) is 0 Å². The highest BCUT2D eigenvalue weighted by Crippen LogP contribution is 2.13. The number of imide groups is 1. The Labute approximate surface area is 106 Å². The van der Waals surface area contributed by atoms with Crippen LogP contribution in [0.15, 0.2) is 0 Å². The van der Waals surface area contributed by atoms with E-state index in [0.717, 1.165) is 13.1 Å². The number of rotatable bonds is 3. The van der Waals surface area contributed by atoms with Crippen molar-refractivity contribution < 1.29 is 14.4 Å². The maximum Gasteiger partial charge on any atom is 0.229 e. The van der Waals surface area contributed by atoms with Crippen molar-refractivity contribution in [2.24, 2.45) is 0 Å². The molecular weight excluding hydrogens is 234 g/mol. The fraction of sp³-hybridized carbons (Fsp3) is 0.750. The summed E-state index contributed by atoms with van der Waals surface area (Å²) in [4.78, 5) is 37.9. The van der Waals surface area contributed by atoms with Crippen molar-refractivity contribution >= 4 is 17.7 Å². The van der Waals surface area contributed by atoms with Crippen molar-refractivity contribution in [3.63, 3.8) is 0 Å². The molecule has 2 heterocycles. The Balaban J connectivity index is 1.84. The molecule has 18 heavy (non-hydrogen) atoms. The number of carbonyl (C=O) groups excluding carboxylic acids is 3. The van der Waals surface area contributed by atoms with Gasteiger partial charge in [0.2, 0.25) is 17.7 Å². The zero-order chi connectivity index (χ0) is 13.1. The van der Waals surface area contributed by atoms with Gasteiger partial charge in [-0.15, -0.1) is 0 Å². The lowest BCUT2D eigenvalue weighted by molar-refractivity contribution is -0.140. The lowest BCUT2D eigenvalue weighted by atomic mass is 10.2. The monoisotopic (exact) mass is 253 g/mol. The standard InChI is InChI=1S/C12H19N3O3/c1-9-8-13-5-7-14(9)12(18)4-6-15-10(16)2-3-11(15)17/h9,13H,2-8H2,1H3/t9-/m1/s1. The Hall–Kier alpha value is -1.43. The molecule has 0 aromatic rings. The van der Waals surface area contributed by atoms with Gasteiger partial charge >= 0.3 is 0 Å². The first-order valence-electron chi connectivity index (χ1n) is 6.43. The Morgan fingerprint density at radius 1 is 1.33 bits per heavy atom. The van der Waals surface area contributed by atoms with E-state index in [0.29, 0.717) is 6.54 Å². The first-order chi connectivity index (χ1) is 8.59. The van der Waals surface area contributed by atoms with Gasteiger partial charge in [0, 0.05) is 51.5 Å². The van der Waals surface area contributed by atoms with Gasteiger partial charge in [-0.2, -0.15) is 0 Å². The summed E-state index contributed by atoms with van der Waals surface area (Å²) in [5.74, 6) is -0.279. The highest BCUT2D eigenvalue weighted by Gasteiger charge is 2.30. The first-order valence-corrected chi connectivity index (χ1v) is 6.43. The van der Waals surface area contributed by atoms with Crippen LogP contribution in [0.5, 0.6) is 0 Å². The highest BCUT2D eigenvalue weighted by molar-refractivity contribution is 6.02. The van der Waals surface area contributed by atoms with Crippen LogP contribution in [0, 0.1) is 0 Å². The molecule has 0 aliphatic carbocycles. The molecule has 2 aliphatic heterocycles. The minimum Gasteiger partial charge on any atom is -0.337 e. The first kappa shape index (κ1) is 13.0. The Morgan fingerprint density at radius 2 is 2.00 bits per heavy atom. The Bertz CT molecular complexity index is 354. The summed E-state index contributed by atoms with van der Waals surface area (Å²) >= 11 is 0. The molecular formula is C12H19N3O3. The predicted molar refractivity (Wildman–Crippen MR) is 64.6 cm³/mol. The van der Waals surface area contributed by atoms with Gasteiger partial charge in [-0.1, -0.05) is 0 Å². The van der Waals surface area contributed by atoms with Crippen molar-refractivity contribution in [1.29, 1.82) is 0 Å². The lowest BCUT2D eigenvalue weighted by Gasteiger charge is -2.34. The summed E-state index contributed by atoms with van der Waals surface area (Å²) in [6.07, 6.45) is 0.815. The molecule has 0 radical (unpaired) electrons. The van der Waals surface area contributed by atoms with E-state index < -0.39 is 0 Å². The van der Waals surface area contributed by atoms with Gasteiger partial charge in [0.15, 0.2) is 0 Å². The number of hydrogen-bond donors (Lipinski definition) is 1. The minimum absolute atomic E-state index is 0.0245. The van der Waals surface area contributed by atoms with Gasteiger partial charge in [-0.25, -0.2) is 0 Å². The van der Waals surface area contributed by atoms with E-state index in [2.05, 4.69) is 5.32 Å².